The fourth-order valence-corrected chi connectivity index (χ4v) is 2.87. The first-order valence-electron chi connectivity index (χ1n) is 7.57. The van der Waals surface area contributed by atoms with Crippen LogP contribution in [0.1, 0.15) is 5.56 Å². The molecule has 6 nitrogen and oxygen atoms in total. The second kappa shape index (κ2) is 7.83. The molecule has 8 heteroatoms. The van der Waals surface area contributed by atoms with Gasteiger partial charge in [0.2, 0.25) is 0 Å². The van der Waals surface area contributed by atoms with Gasteiger partial charge in [-0.2, -0.15) is 0 Å². The molecule has 132 valence electrons. The molecule has 3 N–H and O–H groups in total. The number of nitrogens with one attached hydrogen (secondary N) is 3. The SMILES string of the molecule is N=C1NC(=O)/C(=C/c2cccc(OCC(=O)Nc3ccc(F)cc3)c2)S1. The lowest BCUT2D eigenvalue weighted by Gasteiger charge is -2.08. The predicted octanol–water partition coefficient (Wildman–Crippen LogP) is 2.98. The van der Waals surface area contributed by atoms with Gasteiger partial charge in [0, 0.05) is 5.69 Å². The standard InChI is InChI=1S/C18H14FN3O3S/c19-12-4-6-13(7-5-12)21-16(23)10-25-14-3-1-2-11(8-14)9-15-17(24)22-18(20)26-15/h1-9H,10H2,(H,21,23)(H2,20,22,24)/b15-9-. The van der Waals surface area contributed by atoms with Gasteiger partial charge in [-0.05, 0) is 59.8 Å². The molecule has 0 bridgehead atoms. The number of rotatable bonds is 5. The molecule has 0 aromatic heterocycles. The number of hydrogen-bond donors (Lipinski definition) is 3. The van der Waals surface area contributed by atoms with Gasteiger partial charge in [0.25, 0.3) is 11.8 Å². The van der Waals surface area contributed by atoms with Crippen LogP contribution in [0.3, 0.4) is 0 Å². The fourth-order valence-electron chi connectivity index (χ4n) is 2.17. The Morgan fingerprint density at radius 3 is 2.73 bits per heavy atom. The van der Waals surface area contributed by atoms with Crippen molar-refractivity contribution in [2.75, 3.05) is 11.9 Å². The smallest absolute Gasteiger partial charge is 0.264 e. The molecule has 1 heterocycles. The first-order chi connectivity index (χ1) is 12.5. The van der Waals surface area contributed by atoms with E-state index in [1.807, 2.05) is 0 Å². The van der Waals surface area contributed by atoms with Crippen LogP contribution in [0.4, 0.5) is 10.1 Å². The van der Waals surface area contributed by atoms with Crippen LogP contribution in [0.2, 0.25) is 0 Å². The van der Waals surface area contributed by atoms with Crippen LogP contribution in [0.5, 0.6) is 5.75 Å². The molecule has 0 spiro atoms. The van der Waals surface area contributed by atoms with Crippen molar-refractivity contribution in [3.05, 3.63) is 64.8 Å². The maximum Gasteiger partial charge on any atom is 0.264 e. The van der Waals surface area contributed by atoms with Crippen LogP contribution in [0.15, 0.2) is 53.4 Å². The van der Waals surface area contributed by atoms with E-state index in [1.165, 1.54) is 24.3 Å². The van der Waals surface area contributed by atoms with Crippen molar-refractivity contribution in [3.8, 4) is 5.75 Å². The summed E-state index contributed by atoms with van der Waals surface area (Å²) in [6.07, 6.45) is 1.65. The minimum Gasteiger partial charge on any atom is -0.484 e. The van der Waals surface area contributed by atoms with E-state index in [2.05, 4.69) is 10.6 Å². The van der Waals surface area contributed by atoms with Gasteiger partial charge in [-0.15, -0.1) is 0 Å². The molecule has 0 radical (unpaired) electrons. The lowest BCUT2D eigenvalue weighted by Crippen LogP contribution is -2.20. The van der Waals surface area contributed by atoms with E-state index in [-0.39, 0.29) is 29.4 Å². The van der Waals surface area contributed by atoms with Gasteiger partial charge in [0.1, 0.15) is 11.6 Å². The zero-order valence-corrected chi connectivity index (χ0v) is 14.2. The molecule has 0 atom stereocenters. The van der Waals surface area contributed by atoms with Gasteiger partial charge in [-0.25, -0.2) is 4.39 Å². The van der Waals surface area contributed by atoms with Crippen LogP contribution in [-0.2, 0) is 9.59 Å². The summed E-state index contributed by atoms with van der Waals surface area (Å²) >= 11 is 1.05. The zero-order chi connectivity index (χ0) is 18.5. The summed E-state index contributed by atoms with van der Waals surface area (Å²) in [6, 6.07) is 12.3. The predicted molar refractivity (Wildman–Crippen MR) is 98.4 cm³/mol. The molecule has 26 heavy (non-hydrogen) atoms. The van der Waals surface area contributed by atoms with Gasteiger partial charge in [0.05, 0.1) is 4.91 Å². The van der Waals surface area contributed by atoms with Gasteiger partial charge in [-0.1, -0.05) is 12.1 Å². The van der Waals surface area contributed by atoms with Gasteiger partial charge in [-0.3, -0.25) is 15.0 Å². The van der Waals surface area contributed by atoms with Crippen molar-refractivity contribution < 1.29 is 18.7 Å². The number of carbonyl (C=O) groups is 2. The Hall–Kier alpha value is -3.13. The number of amides is 2. The Labute approximate surface area is 152 Å². The Kier molecular flexibility index (Phi) is 5.33. The number of hydrogen-bond acceptors (Lipinski definition) is 5. The molecular weight excluding hydrogens is 357 g/mol. The van der Waals surface area contributed by atoms with Gasteiger partial charge in [0.15, 0.2) is 11.8 Å². The molecule has 3 rings (SSSR count). The number of amidine groups is 1. The normalized spacial score (nSPS) is 15.0. The van der Waals surface area contributed by atoms with Crippen molar-refractivity contribution in [1.29, 1.82) is 5.41 Å². The lowest BCUT2D eigenvalue weighted by molar-refractivity contribution is -0.118. The largest absolute Gasteiger partial charge is 0.484 e. The number of thioether (sulfide) groups is 1. The summed E-state index contributed by atoms with van der Waals surface area (Å²) in [4.78, 5) is 23.9. The molecular formula is C18H14FN3O3S. The van der Waals surface area contributed by atoms with E-state index in [0.717, 1.165) is 11.8 Å². The molecule has 1 fully saturated rings. The third-order valence-corrected chi connectivity index (χ3v) is 4.15. The summed E-state index contributed by atoms with van der Waals surface area (Å²) in [5.74, 6) is -0.606. The van der Waals surface area contributed by atoms with Crippen LogP contribution in [0, 0.1) is 11.2 Å². The van der Waals surface area contributed by atoms with E-state index < -0.39 is 0 Å². The molecule has 0 unspecified atom stereocenters. The fraction of sp³-hybridized carbons (Fsp3) is 0.0556. The number of carbonyl (C=O) groups excluding carboxylic acids is 2. The van der Waals surface area contributed by atoms with Gasteiger partial charge < -0.3 is 15.4 Å². The van der Waals surface area contributed by atoms with Gasteiger partial charge >= 0.3 is 0 Å². The Bertz CT molecular complexity index is 897. The van der Waals surface area contributed by atoms with E-state index in [1.54, 1.807) is 30.3 Å². The monoisotopic (exact) mass is 371 g/mol. The summed E-state index contributed by atoms with van der Waals surface area (Å²) in [5, 5.41) is 12.5. The molecule has 1 saturated heterocycles. The van der Waals surface area contributed by atoms with Crippen molar-refractivity contribution in [2.24, 2.45) is 0 Å². The molecule has 0 aliphatic carbocycles. The number of benzene rings is 2. The number of halogens is 1. The minimum atomic E-state index is -0.380. The van der Waals surface area contributed by atoms with E-state index in [0.29, 0.717) is 21.9 Å². The molecule has 0 saturated carbocycles. The third-order valence-electron chi connectivity index (χ3n) is 3.32. The number of anilines is 1. The Morgan fingerprint density at radius 2 is 2.04 bits per heavy atom. The highest BCUT2D eigenvalue weighted by molar-refractivity contribution is 8.18. The summed E-state index contributed by atoms with van der Waals surface area (Å²) < 4.78 is 18.3. The molecule has 2 aromatic carbocycles. The van der Waals surface area contributed by atoms with E-state index in [4.69, 9.17) is 10.1 Å². The summed E-state index contributed by atoms with van der Waals surface area (Å²) in [6.45, 7) is -0.211. The van der Waals surface area contributed by atoms with Crippen molar-refractivity contribution >= 4 is 40.5 Å². The van der Waals surface area contributed by atoms with Crippen LogP contribution in [-0.4, -0.2) is 23.6 Å². The number of ether oxygens (including phenoxy) is 1. The minimum absolute atomic E-state index is 0.0890. The molecule has 2 amide bonds. The molecule has 1 aliphatic heterocycles. The third kappa shape index (κ3) is 4.70. The highest BCUT2D eigenvalue weighted by Crippen LogP contribution is 2.26. The highest BCUT2D eigenvalue weighted by Gasteiger charge is 2.22. The molecule has 2 aromatic rings. The quantitative estimate of drug-likeness (QED) is 0.705. The van der Waals surface area contributed by atoms with Crippen molar-refractivity contribution in [3.63, 3.8) is 0 Å². The Morgan fingerprint density at radius 1 is 1.27 bits per heavy atom. The van der Waals surface area contributed by atoms with E-state index in [9.17, 15) is 14.0 Å². The second-order valence-electron chi connectivity index (χ2n) is 5.31. The maximum absolute atomic E-state index is 12.8. The maximum atomic E-state index is 12.8. The average Bonchev–Trinajstić information content (AvgIpc) is 2.93. The van der Waals surface area contributed by atoms with Crippen molar-refractivity contribution in [1.82, 2.24) is 5.32 Å². The Balaban J connectivity index is 1.59. The zero-order valence-electron chi connectivity index (χ0n) is 13.4. The topological polar surface area (TPSA) is 91.3 Å². The highest BCUT2D eigenvalue weighted by atomic mass is 32.2. The average molecular weight is 371 g/mol. The molecule has 1 aliphatic rings. The summed E-state index contributed by atoms with van der Waals surface area (Å²) in [5.41, 5.74) is 1.19. The van der Waals surface area contributed by atoms with Crippen molar-refractivity contribution in [2.45, 2.75) is 0 Å². The van der Waals surface area contributed by atoms with Crippen LogP contribution >= 0.6 is 11.8 Å². The summed E-state index contributed by atoms with van der Waals surface area (Å²) in [7, 11) is 0. The first kappa shape index (κ1) is 17.7. The van der Waals surface area contributed by atoms with E-state index >= 15 is 0 Å². The van der Waals surface area contributed by atoms with Crippen LogP contribution in [0.25, 0.3) is 6.08 Å². The second-order valence-corrected chi connectivity index (χ2v) is 6.36. The lowest BCUT2D eigenvalue weighted by atomic mass is 10.2. The van der Waals surface area contributed by atoms with Crippen LogP contribution < -0.4 is 15.4 Å². The first-order valence-corrected chi connectivity index (χ1v) is 8.39.